The molecule has 0 aliphatic carbocycles. The van der Waals surface area contributed by atoms with Gasteiger partial charge in [-0.15, -0.1) is 0 Å². The molecule has 3 rings (SSSR count). The minimum atomic E-state index is -0.112. The van der Waals surface area contributed by atoms with E-state index in [-0.39, 0.29) is 5.91 Å². The van der Waals surface area contributed by atoms with Crippen LogP contribution in [-0.4, -0.2) is 10.9 Å². The zero-order chi connectivity index (χ0) is 14.8. The second-order valence-electron chi connectivity index (χ2n) is 4.78. The molecule has 0 radical (unpaired) electrons. The van der Waals surface area contributed by atoms with Gasteiger partial charge in [0.25, 0.3) is 0 Å². The van der Waals surface area contributed by atoms with Crippen molar-refractivity contribution in [2.75, 3.05) is 5.32 Å². The Kier molecular flexibility index (Phi) is 3.86. The Morgan fingerprint density at radius 3 is 2.57 bits per heavy atom. The molecule has 0 bridgehead atoms. The fourth-order valence-electron chi connectivity index (χ4n) is 2.22. The van der Waals surface area contributed by atoms with Crippen LogP contribution in [0.5, 0.6) is 0 Å². The Balaban J connectivity index is 1.73. The molecule has 5 heteroatoms. The van der Waals surface area contributed by atoms with Crippen molar-refractivity contribution in [3.05, 3.63) is 64.3 Å². The van der Waals surface area contributed by atoms with Crippen LogP contribution in [-0.2, 0) is 11.2 Å². The molecular weight excluding hydrogens is 307 g/mol. The molecule has 0 saturated carbocycles. The number of hydrogen-bond acceptors (Lipinski definition) is 1. The summed E-state index contributed by atoms with van der Waals surface area (Å²) in [5, 5.41) is 4.90. The molecule has 21 heavy (non-hydrogen) atoms. The predicted molar refractivity (Wildman–Crippen MR) is 87.1 cm³/mol. The monoisotopic (exact) mass is 318 g/mol. The molecule has 3 aromatic rings. The minimum Gasteiger partial charge on any atom is -0.361 e. The first kappa shape index (κ1) is 14.0. The fourth-order valence-corrected chi connectivity index (χ4v) is 2.75. The van der Waals surface area contributed by atoms with Gasteiger partial charge in [-0.25, -0.2) is 0 Å². The van der Waals surface area contributed by atoms with Crippen molar-refractivity contribution in [2.45, 2.75) is 6.42 Å². The molecule has 1 heterocycles. The van der Waals surface area contributed by atoms with Gasteiger partial charge in [-0.1, -0.05) is 35.3 Å². The molecule has 1 aromatic heterocycles. The highest BCUT2D eigenvalue weighted by atomic mass is 35.5. The number of aromatic nitrogens is 1. The third-order valence-corrected chi connectivity index (χ3v) is 3.57. The van der Waals surface area contributed by atoms with Crippen molar-refractivity contribution < 1.29 is 4.79 Å². The van der Waals surface area contributed by atoms with Crippen molar-refractivity contribution in [1.82, 2.24) is 4.98 Å². The lowest BCUT2D eigenvalue weighted by Crippen LogP contribution is -2.14. The van der Waals surface area contributed by atoms with E-state index in [0.29, 0.717) is 22.2 Å². The zero-order valence-electron chi connectivity index (χ0n) is 11.0. The van der Waals surface area contributed by atoms with Crippen LogP contribution in [0.15, 0.2) is 48.7 Å². The fraction of sp³-hybridized carbons (Fsp3) is 0.0625. The van der Waals surface area contributed by atoms with Crippen LogP contribution in [0.4, 0.5) is 5.69 Å². The molecule has 0 aliphatic rings. The highest BCUT2D eigenvalue weighted by Gasteiger charge is 2.06. The average Bonchev–Trinajstić information content (AvgIpc) is 2.84. The Morgan fingerprint density at radius 1 is 1.05 bits per heavy atom. The summed E-state index contributed by atoms with van der Waals surface area (Å²) in [6.45, 7) is 0. The number of carbonyl (C=O) groups excluding carboxylic acids is 1. The lowest BCUT2D eigenvalue weighted by Gasteiger charge is -2.07. The third-order valence-electron chi connectivity index (χ3n) is 3.13. The number of nitrogens with one attached hydrogen (secondary N) is 2. The maximum absolute atomic E-state index is 12.1. The lowest BCUT2D eigenvalue weighted by molar-refractivity contribution is -0.115. The van der Waals surface area contributed by atoms with Crippen LogP contribution < -0.4 is 5.32 Å². The lowest BCUT2D eigenvalue weighted by atomic mass is 10.1. The van der Waals surface area contributed by atoms with Crippen molar-refractivity contribution >= 4 is 45.7 Å². The average molecular weight is 319 g/mol. The summed E-state index contributed by atoms with van der Waals surface area (Å²) in [4.78, 5) is 15.2. The number of carbonyl (C=O) groups is 1. The van der Waals surface area contributed by atoms with E-state index in [1.807, 2.05) is 30.5 Å². The topological polar surface area (TPSA) is 44.9 Å². The third kappa shape index (κ3) is 3.38. The Hall–Kier alpha value is -1.97. The number of benzene rings is 2. The summed E-state index contributed by atoms with van der Waals surface area (Å²) < 4.78 is 0. The normalized spacial score (nSPS) is 10.8. The first-order chi connectivity index (χ1) is 10.1. The van der Waals surface area contributed by atoms with Gasteiger partial charge in [-0.05, 0) is 41.3 Å². The van der Waals surface area contributed by atoms with Crippen molar-refractivity contribution in [1.29, 1.82) is 0 Å². The van der Waals surface area contributed by atoms with Crippen molar-refractivity contribution in [3.8, 4) is 0 Å². The van der Waals surface area contributed by atoms with E-state index >= 15 is 0 Å². The molecule has 3 nitrogen and oxygen atoms in total. The highest BCUT2D eigenvalue weighted by molar-refractivity contribution is 6.35. The summed E-state index contributed by atoms with van der Waals surface area (Å²) in [6.07, 6.45) is 2.17. The number of rotatable bonds is 3. The van der Waals surface area contributed by atoms with Gasteiger partial charge in [0.2, 0.25) is 5.91 Å². The van der Waals surface area contributed by atoms with Gasteiger partial charge >= 0.3 is 0 Å². The van der Waals surface area contributed by atoms with Crippen LogP contribution in [0.1, 0.15) is 5.56 Å². The Morgan fingerprint density at radius 2 is 1.81 bits per heavy atom. The SMILES string of the molecule is O=C(Cc1ccc2cc[nH]c2c1)Nc1cc(Cl)cc(Cl)c1. The van der Waals surface area contributed by atoms with Crippen LogP contribution in [0.2, 0.25) is 10.0 Å². The maximum atomic E-state index is 12.1. The summed E-state index contributed by atoms with van der Waals surface area (Å²) in [5.41, 5.74) is 2.56. The first-order valence-electron chi connectivity index (χ1n) is 6.42. The molecule has 0 saturated heterocycles. The summed E-state index contributed by atoms with van der Waals surface area (Å²) in [6, 6.07) is 12.9. The highest BCUT2D eigenvalue weighted by Crippen LogP contribution is 2.22. The predicted octanol–water partition coefficient (Wildman–Crippen LogP) is 4.66. The van der Waals surface area contributed by atoms with E-state index in [4.69, 9.17) is 23.2 Å². The number of fused-ring (bicyclic) bond motifs is 1. The van der Waals surface area contributed by atoms with E-state index in [9.17, 15) is 4.79 Å². The summed E-state index contributed by atoms with van der Waals surface area (Å²) in [7, 11) is 0. The van der Waals surface area contributed by atoms with Gasteiger partial charge in [-0.2, -0.15) is 0 Å². The number of H-pyrrole nitrogens is 1. The number of anilines is 1. The van der Waals surface area contributed by atoms with Crippen molar-refractivity contribution in [2.24, 2.45) is 0 Å². The molecule has 2 N–H and O–H groups in total. The summed E-state index contributed by atoms with van der Waals surface area (Å²) >= 11 is 11.8. The van der Waals surface area contributed by atoms with E-state index < -0.39 is 0 Å². The van der Waals surface area contributed by atoms with E-state index in [1.165, 1.54) is 0 Å². The second kappa shape index (κ2) is 5.80. The number of hydrogen-bond donors (Lipinski definition) is 2. The van der Waals surface area contributed by atoms with E-state index in [1.54, 1.807) is 18.2 Å². The number of aromatic amines is 1. The molecule has 2 aromatic carbocycles. The second-order valence-corrected chi connectivity index (χ2v) is 5.66. The van der Waals surface area contributed by atoms with Crippen LogP contribution in [0.3, 0.4) is 0 Å². The maximum Gasteiger partial charge on any atom is 0.228 e. The van der Waals surface area contributed by atoms with Crippen molar-refractivity contribution in [3.63, 3.8) is 0 Å². The van der Waals surface area contributed by atoms with Gasteiger partial charge in [0.15, 0.2) is 0 Å². The molecule has 0 spiro atoms. The van der Waals surface area contributed by atoms with Gasteiger partial charge in [-0.3, -0.25) is 4.79 Å². The molecule has 0 aliphatic heterocycles. The van der Waals surface area contributed by atoms with Gasteiger partial charge < -0.3 is 10.3 Å². The Labute approximate surface area is 131 Å². The zero-order valence-corrected chi connectivity index (χ0v) is 12.5. The smallest absolute Gasteiger partial charge is 0.228 e. The molecule has 106 valence electrons. The number of amides is 1. The Bertz CT molecular complexity index is 791. The van der Waals surface area contributed by atoms with Gasteiger partial charge in [0.1, 0.15) is 0 Å². The standard InChI is InChI=1S/C16H12Cl2N2O/c17-12-7-13(18)9-14(8-12)20-16(21)6-10-1-2-11-3-4-19-15(11)5-10/h1-5,7-9,19H,6H2,(H,20,21). The van der Waals surface area contributed by atoms with E-state index in [2.05, 4.69) is 10.3 Å². The molecule has 1 amide bonds. The minimum absolute atomic E-state index is 0.112. The van der Waals surface area contributed by atoms with E-state index in [0.717, 1.165) is 16.5 Å². The molecular formula is C16H12Cl2N2O. The van der Waals surface area contributed by atoms with Gasteiger partial charge in [0.05, 0.1) is 6.42 Å². The molecule has 0 unspecified atom stereocenters. The molecule has 0 fully saturated rings. The van der Waals surface area contributed by atoms with Crippen LogP contribution in [0, 0.1) is 0 Å². The summed E-state index contributed by atoms with van der Waals surface area (Å²) in [5.74, 6) is -0.112. The van der Waals surface area contributed by atoms with Crippen LogP contribution >= 0.6 is 23.2 Å². The first-order valence-corrected chi connectivity index (χ1v) is 7.18. The number of halogens is 2. The molecule has 0 atom stereocenters. The van der Waals surface area contributed by atoms with Gasteiger partial charge in [0, 0.05) is 27.4 Å². The quantitative estimate of drug-likeness (QED) is 0.725. The largest absolute Gasteiger partial charge is 0.361 e. The van der Waals surface area contributed by atoms with Crippen LogP contribution in [0.25, 0.3) is 10.9 Å².